The molecule has 96 valence electrons. The summed E-state index contributed by atoms with van der Waals surface area (Å²) in [6.45, 7) is 2.97. The van der Waals surface area contributed by atoms with Crippen molar-refractivity contribution in [2.24, 2.45) is 0 Å². The molecule has 0 radical (unpaired) electrons. The van der Waals surface area contributed by atoms with E-state index in [-0.39, 0.29) is 11.9 Å². The van der Waals surface area contributed by atoms with Crippen molar-refractivity contribution in [3.8, 4) is 0 Å². The van der Waals surface area contributed by atoms with Crippen LogP contribution in [-0.4, -0.2) is 6.54 Å². The molecule has 2 aromatic rings. The van der Waals surface area contributed by atoms with Gasteiger partial charge >= 0.3 is 0 Å². The van der Waals surface area contributed by atoms with E-state index in [1.54, 1.807) is 17.4 Å². The minimum atomic E-state index is -0.257. The molecule has 1 unspecified atom stereocenters. The molecule has 1 atom stereocenters. The van der Waals surface area contributed by atoms with E-state index >= 15 is 0 Å². The van der Waals surface area contributed by atoms with E-state index in [4.69, 9.17) is 11.6 Å². The fourth-order valence-corrected chi connectivity index (χ4v) is 2.78. The Morgan fingerprint density at radius 1 is 1.39 bits per heavy atom. The zero-order valence-corrected chi connectivity index (χ0v) is 11.7. The molecule has 0 aliphatic heterocycles. The Hall–Kier alpha value is -0.900. The van der Waals surface area contributed by atoms with Crippen molar-refractivity contribution in [1.82, 2.24) is 5.32 Å². The van der Waals surface area contributed by atoms with Gasteiger partial charge in [0.1, 0.15) is 5.82 Å². The van der Waals surface area contributed by atoms with Gasteiger partial charge in [-0.3, -0.25) is 0 Å². The standard InChI is InChI=1S/C14H15ClFNS/c1-2-6-17-14(10-5-7-18-9-10)12-8-11(16)3-4-13(12)15/h3-5,7-9,14,17H,2,6H2,1H3. The van der Waals surface area contributed by atoms with Gasteiger partial charge in [-0.05, 0) is 59.1 Å². The molecule has 18 heavy (non-hydrogen) atoms. The topological polar surface area (TPSA) is 12.0 Å². The molecule has 0 amide bonds. The zero-order valence-electron chi connectivity index (χ0n) is 10.1. The summed E-state index contributed by atoms with van der Waals surface area (Å²) < 4.78 is 13.4. The van der Waals surface area contributed by atoms with E-state index in [0.717, 1.165) is 24.1 Å². The van der Waals surface area contributed by atoms with Crippen LogP contribution in [0.2, 0.25) is 5.02 Å². The third kappa shape index (κ3) is 3.10. The molecule has 0 fully saturated rings. The first kappa shape index (κ1) is 13.5. The summed E-state index contributed by atoms with van der Waals surface area (Å²) in [4.78, 5) is 0. The van der Waals surface area contributed by atoms with Crippen LogP contribution in [0.4, 0.5) is 4.39 Å². The Bertz CT molecular complexity index is 499. The van der Waals surface area contributed by atoms with Crippen LogP contribution in [0.1, 0.15) is 30.5 Å². The molecule has 0 saturated heterocycles. The predicted octanol–water partition coefficient (Wildman–Crippen LogP) is 4.63. The second kappa shape index (κ2) is 6.32. The van der Waals surface area contributed by atoms with Gasteiger partial charge in [-0.15, -0.1) is 0 Å². The number of hydrogen-bond donors (Lipinski definition) is 1. The lowest BCUT2D eigenvalue weighted by Gasteiger charge is -2.19. The van der Waals surface area contributed by atoms with Crippen LogP contribution in [0.3, 0.4) is 0 Å². The van der Waals surface area contributed by atoms with Crippen molar-refractivity contribution < 1.29 is 4.39 Å². The van der Waals surface area contributed by atoms with Crippen molar-refractivity contribution in [2.75, 3.05) is 6.54 Å². The Kier molecular flexibility index (Phi) is 4.75. The lowest BCUT2D eigenvalue weighted by molar-refractivity contribution is 0.587. The third-order valence-electron chi connectivity index (χ3n) is 2.74. The molecule has 4 heteroatoms. The maximum atomic E-state index is 13.4. The van der Waals surface area contributed by atoms with Gasteiger partial charge in [-0.2, -0.15) is 11.3 Å². The zero-order chi connectivity index (χ0) is 13.0. The molecule has 0 spiro atoms. The SMILES string of the molecule is CCCNC(c1ccsc1)c1cc(F)ccc1Cl. The molecule has 1 aromatic carbocycles. The van der Waals surface area contributed by atoms with Crippen LogP contribution < -0.4 is 5.32 Å². The van der Waals surface area contributed by atoms with E-state index in [2.05, 4.69) is 17.6 Å². The highest BCUT2D eigenvalue weighted by atomic mass is 35.5. The fraction of sp³-hybridized carbons (Fsp3) is 0.286. The molecule has 1 nitrogen and oxygen atoms in total. The van der Waals surface area contributed by atoms with E-state index in [1.807, 2.05) is 11.4 Å². The summed E-state index contributed by atoms with van der Waals surface area (Å²) >= 11 is 7.81. The highest BCUT2D eigenvalue weighted by molar-refractivity contribution is 7.08. The van der Waals surface area contributed by atoms with Crippen molar-refractivity contribution in [2.45, 2.75) is 19.4 Å². The van der Waals surface area contributed by atoms with Gasteiger partial charge in [0, 0.05) is 5.02 Å². The maximum absolute atomic E-state index is 13.4. The summed E-state index contributed by atoms with van der Waals surface area (Å²) in [5, 5.41) is 8.09. The normalized spacial score (nSPS) is 12.6. The number of rotatable bonds is 5. The average Bonchev–Trinajstić information content (AvgIpc) is 2.88. The van der Waals surface area contributed by atoms with Crippen LogP contribution in [0.25, 0.3) is 0 Å². The van der Waals surface area contributed by atoms with Gasteiger partial charge in [0.2, 0.25) is 0 Å². The van der Waals surface area contributed by atoms with Gasteiger partial charge in [0.05, 0.1) is 6.04 Å². The van der Waals surface area contributed by atoms with E-state index < -0.39 is 0 Å². The van der Waals surface area contributed by atoms with Crippen LogP contribution in [-0.2, 0) is 0 Å². The molecular weight excluding hydrogens is 269 g/mol. The molecule has 0 bridgehead atoms. The number of hydrogen-bond acceptors (Lipinski definition) is 2. The highest BCUT2D eigenvalue weighted by Crippen LogP contribution is 2.30. The molecule has 2 rings (SSSR count). The average molecular weight is 284 g/mol. The van der Waals surface area contributed by atoms with Crippen LogP contribution in [0.15, 0.2) is 35.0 Å². The number of thiophene rings is 1. The van der Waals surface area contributed by atoms with Crippen molar-refractivity contribution in [1.29, 1.82) is 0 Å². The molecule has 1 heterocycles. The lowest BCUT2D eigenvalue weighted by atomic mass is 10.0. The van der Waals surface area contributed by atoms with E-state index in [1.165, 1.54) is 12.1 Å². The Morgan fingerprint density at radius 3 is 2.89 bits per heavy atom. The first-order valence-corrected chi connectivity index (χ1v) is 7.25. The lowest BCUT2D eigenvalue weighted by Crippen LogP contribution is -2.23. The quantitative estimate of drug-likeness (QED) is 0.844. The van der Waals surface area contributed by atoms with E-state index in [9.17, 15) is 4.39 Å². The second-order valence-corrected chi connectivity index (χ2v) is 5.30. The van der Waals surface area contributed by atoms with Gasteiger partial charge in [0.15, 0.2) is 0 Å². The summed E-state index contributed by atoms with van der Waals surface area (Å²) in [6, 6.07) is 6.50. The van der Waals surface area contributed by atoms with Crippen molar-refractivity contribution in [3.05, 3.63) is 57.0 Å². The smallest absolute Gasteiger partial charge is 0.123 e. The minimum absolute atomic E-state index is 0.0422. The summed E-state index contributed by atoms with van der Waals surface area (Å²) in [5.74, 6) is -0.257. The van der Waals surface area contributed by atoms with Gasteiger partial charge in [0.25, 0.3) is 0 Å². The van der Waals surface area contributed by atoms with Gasteiger partial charge in [-0.1, -0.05) is 18.5 Å². The van der Waals surface area contributed by atoms with Gasteiger partial charge in [-0.25, -0.2) is 4.39 Å². The Labute approximate surface area is 116 Å². The highest BCUT2D eigenvalue weighted by Gasteiger charge is 2.17. The van der Waals surface area contributed by atoms with Crippen LogP contribution in [0, 0.1) is 5.82 Å². The van der Waals surface area contributed by atoms with Crippen molar-refractivity contribution >= 4 is 22.9 Å². The monoisotopic (exact) mass is 283 g/mol. The largest absolute Gasteiger partial charge is 0.306 e. The molecule has 0 saturated carbocycles. The predicted molar refractivity (Wildman–Crippen MR) is 75.9 cm³/mol. The fourth-order valence-electron chi connectivity index (χ4n) is 1.87. The van der Waals surface area contributed by atoms with Gasteiger partial charge < -0.3 is 5.32 Å². The first-order valence-electron chi connectivity index (χ1n) is 5.92. The molecule has 0 aliphatic carbocycles. The first-order chi connectivity index (χ1) is 8.72. The minimum Gasteiger partial charge on any atom is -0.306 e. The number of halogens is 2. The molecule has 1 aromatic heterocycles. The summed E-state index contributed by atoms with van der Waals surface area (Å²) in [5.41, 5.74) is 1.92. The Morgan fingerprint density at radius 2 is 2.22 bits per heavy atom. The van der Waals surface area contributed by atoms with Crippen molar-refractivity contribution in [3.63, 3.8) is 0 Å². The summed E-state index contributed by atoms with van der Waals surface area (Å²) in [7, 11) is 0. The Balaban J connectivity index is 2.36. The maximum Gasteiger partial charge on any atom is 0.123 e. The van der Waals surface area contributed by atoms with Crippen LogP contribution >= 0.6 is 22.9 Å². The van der Waals surface area contributed by atoms with E-state index in [0.29, 0.717) is 5.02 Å². The second-order valence-electron chi connectivity index (χ2n) is 4.11. The number of benzene rings is 1. The summed E-state index contributed by atoms with van der Waals surface area (Å²) in [6.07, 6.45) is 1.02. The molecule has 1 N–H and O–H groups in total. The number of nitrogens with one attached hydrogen (secondary N) is 1. The molecular formula is C14H15ClFNS. The van der Waals surface area contributed by atoms with Crippen LogP contribution in [0.5, 0.6) is 0 Å². The third-order valence-corrected chi connectivity index (χ3v) is 3.79. The molecule has 0 aliphatic rings.